The Kier molecular flexibility index (Phi) is 5.34. The third-order valence-corrected chi connectivity index (χ3v) is 3.86. The van der Waals surface area contributed by atoms with E-state index in [1.807, 2.05) is 7.05 Å². The van der Waals surface area contributed by atoms with Gasteiger partial charge < -0.3 is 9.80 Å². The van der Waals surface area contributed by atoms with Crippen LogP contribution >= 0.6 is 24.0 Å². The summed E-state index contributed by atoms with van der Waals surface area (Å²) in [7, 11) is 6.08. The highest BCUT2D eigenvalue weighted by Gasteiger charge is 2.35. The molecule has 1 saturated heterocycles. The fourth-order valence-electron chi connectivity index (χ4n) is 3.19. The van der Waals surface area contributed by atoms with Gasteiger partial charge in [0, 0.05) is 34.2 Å². The normalized spacial score (nSPS) is 29.7. The number of aliphatic imine (C=N–C) groups is 1. The van der Waals surface area contributed by atoms with E-state index < -0.39 is 0 Å². The van der Waals surface area contributed by atoms with Crippen molar-refractivity contribution < 1.29 is 0 Å². The van der Waals surface area contributed by atoms with Gasteiger partial charge in [-0.05, 0) is 24.7 Å². The Bertz CT molecular complexity index is 239. The zero-order valence-corrected chi connectivity index (χ0v) is 13.0. The molecule has 0 aromatic carbocycles. The van der Waals surface area contributed by atoms with Crippen LogP contribution in [0.3, 0.4) is 0 Å². The van der Waals surface area contributed by atoms with Gasteiger partial charge in [0.15, 0.2) is 5.96 Å². The molecule has 2 atom stereocenters. The molecule has 0 spiro atoms. The van der Waals surface area contributed by atoms with Crippen molar-refractivity contribution in [2.75, 3.05) is 34.2 Å². The molecule has 4 heteroatoms. The molecule has 0 radical (unpaired) electrons. The minimum absolute atomic E-state index is 0. The first-order chi connectivity index (χ1) is 7.22. The smallest absolute Gasteiger partial charge is 0.195 e. The lowest BCUT2D eigenvalue weighted by Crippen LogP contribution is -2.39. The topological polar surface area (TPSA) is 18.8 Å². The van der Waals surface area contributed by atoms with Gasteiger partial charge in [-0.3, -0.25) is 4.99 Å². The zero-order valence-electron chi connectivity index (χ0n) is 10.6. The quantitative estimate of drug-likeness (QED) is 0.384. The summed E-state index contributed by atoms with van der Waals surface area (Å²) < 4.78 is 0. The van der Waals surface area contributed by atoms with Crippen molar-refractivity contribution in [2.24, 2.45) is 16.8 Å². The number of nitrogens with zero attached hydrogens (tertiary/aromatic N) is 3. The Morgan fingerprint density at radius 1 is 1.12 bits per heavy atom. The molecule has 1 aliphatic heterocycles. The van der Waals surface area contributed by atoms with Crippen LogP contribution in [-0.2, 0) is 0 Å². The van der Waals surface area contributed by atoms with Crippen molar-refractivity contribution in [3.8, 4) is 0 Å². The Hall–Kier alpha value is 0. The first-order valence-electron chi connectivity index (χ1n) is 6.11. The highest BCUT2D eigenvalue weighted by molar-refractivity contribution is 14.0. The standard InChI is InChI=1S/C12H23N3.HI/c1-13-12(14(2)3)15-8-10-6-4-5-7-11(10)9-15;/h10-11H,4-9H2,1-3H3;1H. The van der Waals surface area contributed by atoms with E-state index in [1.165, 1.54) is 38.8 Å². The van der Waals surface area contributed by atoms with E-state index in [1.54, 1.807) is 0 Å². The van der Waals surface area contributed by atoms with Crippen molar-refractivity contribution in [3.63, 3.8) is 0 Å². The molecule has 3 nitrogen and oxygen atoms in total. The van der Waals surface area contributed by atoms with Crippen LogP contribution in [0.2, 0.25) is 0 Å². The van der Waals surface area contributed by atoms with E-state index >= 15 is 0 Å². The summed E-state index contributed by atoms with van der Waals surface area (Å²) >= 11 is 0. The van der Waals surface area contributed by atoms with Crippen LogP contribution in [0.4, 0.5) is 0 Å². The molecule has 94 valence electrons. The van der Waals surface area contributed by atoms with Crippen molar-refractivity contribution in [2.45, 2.75) is 25.7 Å². The van der Waals surface area contributed by atoms with Gasteiger partial charge >= 0.3 is 0 Å². The molecule has 0 amide bonds. The first kappa shape index (κ1) is 14.1. The van der Waals surface area contributed by atoms with E-state index in [9.17, 15) is 0 Å². The summed E-state index contributed by atoms with van der Waals surface area (Å²) in [6, 6.07) is 0. The van der Waals surface area contributed by atoms with Crippen LogP contribution in [0, 0.1) is 11.8 Å². The molecule has 1 aliphatic carbocycles. The lowest BCUT2D eigenvalue weighted by molar-refractivity contribution is 0.299. The second-order valence-corrected chi connectivity index (χ2v) is 5.13. The van der Waals surface area contributed by atoms with Gasteiger partial charge in [-0.15, -0.1) is 24.0 Å². The number of likely N-dealkylation sites (tertiary alicyclic amines) is 1. The molecular formula is C12H24IN3. The number of hydrogen-bond donors (Lipinski definition) is 0. The van der Waals surface area contributed by atoms with Gasteiger partial charge in [0.05, 0.1) is 0 Å². The number of guanidine groups is 1. The summed E-state index contributed by atoms with van der Waals surface area (Å²) in [4.78, 5) is 9.01. The van der Waals surface area contributed by atoms with Gasteiger partial charge in [0.2, 0.25) is 0 Å². The molecule has 0 aromatic heterocycles. The third-order valence-electron chi connectivity index (χ3n) is 3.86. The van der Waals surface area contributed by atoms with Crippen LogP contribution in [0.5, 0.6) is 0 Å². The third kappa shape index (κ3) is 2.81. The molecule has 2 rings (SSSR count). The molecule has 0 aromatic rings. The van der Waals surface area contributed by atoms with Gasteiger partial charge in [-0.25, -0.2) is 0 Å². The zero-order chi connectivity index (χ0) is 10.8. The van der Waals surface area contributed by atoms with Gasteiger partial charge in [0.1, 0.15) is 0 Å². The van der Waals surface area contributed by atoms with Gasteiger partial charge in [-0.1, -0.05) is 12.8 Å². The Morgan fingerprint density at radius 2 is 1.62 bits per heavy atom. The maximum absolute atomic E-state index is 4.40. The maximum atomic E-state index is 4.40. The van der Waals surface area contributed by atoms with E-state index in [-0.39, 0.29) is 24.0 Å². The van der Waals surface area contributed by atoms with Crippen LogP contribution in [0.15, 0.2) is 4.99 Å². The fraction of sp³-hybridized carbons (Fsp3) is 0.917. The van der Waals surface area contributed by atoms with Gasteiger partial charge in [0.25, 0.3) is 0 Å². The van der Waals surface area contributed by atoms with Crippen LogP contribution in [-0.4, -0.2) is 50.0 Å². The molecule has 0 bridgehead atoms. The van der Waals surface area contributed by atoms with Crippen LogP contribution in [0.1, 0.15) is 25.7 Å². The van der Waals surface area contributed by atoms with E-state index in [2.05, 4.69) is 28.9 Å². The van der Waals surface area contributed by atoms with Crippen LogP contribution in [0.25, 0.3) is 0 Å². The Labute approximate surface area is 116 Å². The lowest BCUT2D eigenvalue weighted by Gasteiger charge is -2.25. The minimum Gasteiger partial charge on any atom is -0.349 e. The maximum Gasteiger partial charge on any atom is 0.195 e. The molecule has 1 saturated carbocycles. The van der Waals surface area contributed by atoms with Gasteiger partial charge in [-0.2, -0.15) is 0 Å². The highest BCUT2D eigenvalue weighted by Crippen LogP contribution is 2.36. The molecule has 1 heterocycles. The average molecular weight is 337 g/mol. The summed E-state index contributed by atoms with van der Waals surface area (Å²) in [5.74, 6) is 3.04. The number of hydrogen-bond acceptors (Lipinski definition) is 1. The SMILES string of the molecule is CN=C(N(C)C)N1CC2CCCCC2C1.I. The minimum atomic E-state index is 0. The van der Waals surface area contributed by atoms with Crippen molar-refractivity contribution in [3.05, 3.63) is 0 Å². The predicted molar refractivity (Wildman–Crippen MR) is 79.5 cm³/mol. The predicted octanol–water partition coefficient (Wildman–Crippen LogP) is 2.27. The largest absolute Gasteiger partial charge is 0.349 e. The monoisotopic (exact) mass is 337 g/mol. The fourth-order valence-corrected chi connectivity index (χ4v) is 3.19. The molecule has 0 N–H and O–H groups in total. The molecule has 2 unspecified atom stereocenters. The number of fused-ring (bicyclic) bond motifs is 1. The Morgan fingerprint density at radius 3 is 2.00 bits per heavy atom. The number of rotatable bonds is 0. The van der Waals surface area contributed by atoms with E-state index in [4.69, 9.17) is 0 Å². The summed E-state index contributed by atoms with van der Waals surface area (Å²) in [6.07, 6.45) is 5.75. The number of halogens is 1. The Balaban J connectivity index is 0.00000128. The lowest BCUT2D eigenvalue weighted by atomic mass is 9.82. The average Bonchev–Trinajstić information content (AvgIpc) is 2.61. The van der Waals surface area contributed by atoms with E-state index in [0.717, 1.165) is 17.8 Å². The summed E-state index contributed by atoms with van der Waals surface area (Å²) in [5.41, 5.74) is 0. The summed E-state index contributed by atoms with van der Waals surface area (Å²) in [5, 5.41) is 0. The second kappa shape index (κ2) is 6.07. The molecule has 16 heavy (non-hydrogen) atoms. The second-order valence-electron chi connectivity index (χ2n) is 5.13. The highest BCUT2D eigenvalue weighted by atomic mass is 127. The van der Waals surface area contributed by atoms with Crippen molar-refractivity contribution >= 4 is 29.9 Å². The first-order valence-corrected chi connectivity index (χ1v) is 6.11. The molecule has 2 fully saturated rings. The van der Waals surface area contributed by atoms with Crippen LogP contribution < -0.4 is 0 Å². The van der Waals surface area contributed by atoms with Crippen molar-refractivity contribution in [1.82, 2.24) is 9.80 Å². The van der Waals surface area contributed by atoms with E-state index in [0.29, 0.717) is 0 Å². The van der Waals surface area contributed by atoms with Crippen molar-refractivity contribution in [1.29, 1.82) is 0 Å². The molecule has 2 aliphatic rings. The molecular weight excluding hydrogens is 313 g/mol. The summed E-state index contributed by atoms with van der Waals surface area (Å²) in [6.45, 7) is 2.46.